The topological polar surface area (TPSA) is 17.1 Å². The lowest BCUT2D eigenvalue weighted by molar-refractivity contribution is -0.114. The summed E-state index contributed by atoms with van der Waals surface area (Å²) in [5.41, 5.74) is 2.32. The normalized spacial score (nSPS) is 29.5. The summed E-state index contributed by atoms with van der Waals surface area (Å²) in [6.45, 7) is 0. The maximum atomic E-state index is 11.4. The molecular formula is C9H9BrO. The fraction of sp³-hybridized carbons (Fsp3) is 0.444. The van der Waals surface area contributed by atoms with Gasteiger partial charge in [0.05, 0.1) is 4.83 Å². The van der Waals surface area contributed by atoms with Crippen molar-refractivity contribution in [3.05, 3.63) is 23.3 Å². The van der Waals surface area contributed by atoms with Crippen molar-refractivity contribution in [2.45, 2.75) is 24.1 Å². The van der Waals surface area contributed by atoms with Crippen molar-refractivity contribution in [1.82, 2.24) is 0 Å². The van der Waals surface area contributed by atoms with E-state index in [4.69, 9.17) is 0 Å². The van der Waals surface area contributed by atoms with Crippen molar-refractivity contribution in [3.8, 4) is 0 Å². The Morgan fingerprint density at radius 2 is 2.36 bits per heavy atom. The van der Waals surface area contributed by atoms with Crippen LogP contribution in [0.4, 0.5) is 0 Å². The molecule has 0 amide bonds. The van der Waals surface area contributed by atoms with Crippen LogP contribution in [0.2, 0.25) is 0 Å². The molecule has 58 valence electrons. The molecule has 0 radical (unpaired) electrons. The minimum absolute atomic E-state index is 0.0650. The zero-order chi connectivity index (χ0) is 7.84. The summed E-state index contributed by atoms with van der Waals surface area (Å²) in [4.78, 5) is 11.4. The molecule has 0 saturated carbocycles. The smallest absolute Gasteiger partial charge is 0.176 e. The monoisotopic (exact) mass is 212 g/mol. The highest BCUT2D eigenvalue weighted by Crippen LogP contribution is 2.34. The molecule has 2 aliphatic carbocycles. The van der Waals surface area contributed by atoms with Crippen LogP contribution in [0.25, 0.3) is 0 Å². The van der Waals surface area contributed by atoms with Gasteiger partial charge in [0.1, 0.15) is 0 Å². The number of Topliss-reactive ketones (excluding diaryl/α,β-unsaturated/α-hetero) is 1. The molecule has 0 aliphatic heterocycles. The van der Waals surface area contributed by atoms with Crippen molar-refractivity contribution >= 4 is 21.7 Å². The van der Waals surface area contributed by atoms with Crippen molar-refractivity contribution in [2.75, 3.05) is 0 Å². The summed E-state index contributed by atoms with van der Waals surface area (Å²) < 4.78 is 0. The fourth-order valence-corrected chi connectivity index (χ4v) is 2.29. The molecule has 0 spiro atoms. The van der Waals surface area contributed by atoms with Crippen LogP contribution < -0.4 is 0 Å². The Balaban J connectivity index is 2.35. The second-order valence-corrected chi connectivity index (χ2v) is 4.10. The predicted molar refractivity (Wildman–Crippen MR) is 47.7 cm³/mol. The summed E-state index contributed by atoms with van der Waals surface area (Å²) in [5, 5.41) is 0. The molecule has 0 saturated heterocycles. The van der Waals surface area contributed by atoms with Gasteiger partial charge < -0.3 is 0 Å². The molecule has 1 nitrogen and oxygen atoms in total. The van der Waals surface area contributed by atoms with Gasteiger partial charge in [0.15, 0.2) is 5.78 Å². The van der Waals surface area contributed by atoms with Crippen LogP contribution >= 0.6 is 15.9 Å². The molecule has 11 heavy (non-hydrogen) atoms. The first-order valence-corrected chi connectivity index (χ1v) is 4.77. The van der Waals surface area contributed by atoms with E-state index in [-0.39, 0.29) is 10.6 Å². The van der Waals surface area contributed by atoms with E-state index < -0.39 is 0 Å². The van der Waals surface area contributed by atoms with Crippen LogP contribution in [-0.4, -0.2) is 10.6 Å². The molecular weight excluding hydrogens is 204 g/mol. The minimum Gasteiger partial charge on any atom is -0.293 e. The van der Waals surface area contributed by atoms with E-state index in [0.29, 0.717) is 0 Å². The Morgan fingerprint density at radius 3 is 3.09 bits per heavy atom. The maximum Gasteiger partial charge on any atom is 0.176 e. The number of alkyl halides is 1. The Morgan fingerprint density at radius 1 is 1.55 bits per heavy atom. The summed E-state index contributed by atoms with van der Waals surface area (Å²) in [7, 11) is 0. The van der Waals surface area contributed by atoms with Gasteiger partial charge in [0, 0.05) is 5.57 Å². The Labute approximate surface area is 74.3 Å². The lowest BCUT2D eigenvalue weighted by atomic mass is 10.0. The van der Waals surface area contributed by atoms with E-state index in [2.05, 4.69) is 22.0 Å². The Bertz CT molecular complexity index is 263. The van der Waals surface area contributed by atoms with Crippen molar-refractivity contribution in [3.63, 3.8) is 0 Å². The average molecular weight is 213 g/mol. The second-order valence-electron chi connectivity index (χ2n) is 2.99. The van der Waals surface area contributed by atoms with Gasteiger partial charge in [-0.1, -0.05) is 33.7 Å². The zero-order valence-corrected chi connectivity index (χ0v) is 7.73. The molecule has 2 aliphatic rings. The zero-order valence-electron chi connectivity index (χ0n) is 6.14. The number of hydrogen-bond acceptors (Lipinski definition) is 1. The van der Waals surface area contributed by atoms with Crippen molar-refractivity contribution in [1.29, 1.82) is 0 Å². The molecule has 2 rings (SSSR count). The Kier molecular flexibility index (Phi) is 1.72. The molecule has 1 unspecified atom stereocenters. The van der Waals surface area contributed by atoms with E-state index >= 15 is 0 Å². The fourth-order valence-electron chi connectivity index (χ4n) is 1.66. The van der Waals surface area contributed by atoms with Gasteiger partial charge in [0.2, 0.25) is 0 Å². The summed E-state index contributed by atoms with van der Waals surface area (Å²) >= 11 is 3.37. The van der Waals surface area contributed by atoms with E-state index in [1.54, 1.807) is 0 Å². The van der Waals surface area contributed by atoms with Crippen LogP contribution in [0.15, 0.2) is 23.3 Å². The van der Waals surface area contributed by atoms with Gasteiger partial charge in [-0.15, -0.1) is 0 Å². The molecule has 2 heteroatoms. The second kappa shape index (κ2) is 2.59. The highest BCUT2D eigenvalue weighted by Gasteiger charge is 2.29. The van der Waals surface area contributed by atoms with Gasteiger partial charge in [-0.3, -0.25) is 4.79 Å². The molecule has 0 aromatic carbocycles. The lowest BCUT2D eigenvalue weighted by Gasteiger charge is -2.04. The third-order valence-electron chi connectivity index (χ3n) is 2.25. The molecule has 0 N–H and O–H groups in total. The lowest BCUT2D eigenvalue weighted by Crippen LogP contribution is -2.07. The minimum atomic E-state index is 0.0650. The highest BCUT2D eigenvalue weighted by atomic mass is 79.9. The molecule has 0 aromatic rings. The number of ketones is 1. The number of carbonyl (C=O) groups excluding carboxylic acids is 1. The quantitative estimate of drug-likeness (QED) is 0.564. The third kappa shape index (κ3) is 1.09. The SMILES string of the molecule is O=C1C2=C(CCC=C2)CC1Br. The van der Waals surface area contributed by atoms with Gasteiger partial charge >= 0.3 is 0 Å². The number of hydrogen-bond donors (Lipinski definition) is 0. The maximum absolute atomic E-state index is 11.4. The van der Waals surface area contributed by atoms with Crippen LogP contribution in [0.1, 0.15) is 19.3 Å². The molecule has 0 heterocycles. The van der Waals surface area contributed by atoms with E-state index in [0.717, 1.165) is 24.8 Å². The predicted octanol–water partition coefficient (Wildman–Crippen LogP) is 2.37. The van der Waals surface area contributed by atoms with Crippen molar-refractivity contribution < 1.29 is 4.79 Å². The Hall–Kier alpha value is -0.370. The van der Waals surface area contributed by atoms with Crippen LogP contribution in [0, 0.1) is 0 Å². The first-order chi connectivity index (χ1) is 5.29. The van der Waals surface area contributed by atoms with Gasteiger partial charge in [-0.2, -0.15) is 0 Å². The number of halogens is 1. The molecule has 0 bridgehead atoms. The number of carbonyl (C=O) groups is 1. The molecule has 0 fully saturated rings. The van der Waals surface area contributed by atoms with Gasteiger partial charge in [0.25, 0.3) is 0 Å². The van der Waals surface area contributed by atoms with Crippen molar-refractivity contribution in [2.24, 2.45) is 0 Å². The van der Waals surface area contributed by atoms with Crippen LogP contribution in [-0.2, 0) is 4.79 Å². The summed E-state index contributed by atoms with van der Waals surface area (Å²) in [6, 6.07) is 0. The largest absolute Gasteiger partial charge is 0.293 e. The summed E-state index contributed by atoms with van der Waals surface area (Å²) in [6.07, 6.45) is 7.17. The van der Waals surface area contributed by atoms with E-state index in [1.807, 2.05) is 6.08 Å². The average Bonchev–Trinajstić information content (AvgIpc) is 2.30. The first-order valence-electron chi connectivity index (χ1n) is 3.86. The number of allylic oxidation sites excluding steroid dienone is 4. The molecule has 0 aromatic heterocycles. The van der Waals surface area contributed by atoms with E-state index in [1.165, 1.54) is 5.57 Å². The standard InChI is InChI=1S/C9H9BrO/c10-8-5-6-3-1-2-4-7(6)9(8)11/h2,4,8H,1,3,5H2. The highest BCUT2D eigenvalue weighted by molar-refractivity contribution is 9.10. The summed E-state index contributed by atoms with van der Waals surface area (Å²) in [5.74, 6) is 0.274. The number of rotatable bonds is 0. The van der Waals surface area contributed by atoms with Crippen LogP contribution in [0.3, 0.4) is 0 Å². The van der Waals surface area contributed by atoms with Gasteiger partial charge in [-0.05, 0) is 19.3 Å². The van der Waals surface area contributed by atoms with Crippen LogP contribution in [0.5, 0.6) is 0 Å². The van der Waals surface area contributed by atoms with Gasteiger partial charge in [-0.25, -0.2) is 0 Å². The third-order valence-corrected chi connectivity index (χ3v) is 2.99. The first kappa shape index (κ1) is 7.29. The molecule has 1 atom stereocenters. The van der Waals surface area contributed by atoms with E-state index in [9.17, 15) is 4.79 Å².